The Morgan fingerprint density at radius 2 is 2.00 bits per heavy atom. The lowest BCUT2D eigenvalue weighted by Crippen LogP contribution is -2.42. The van der Waals surface area contributed by atoms with Crippen LogP contribution in [0.25, 0.3) is 11.0 Å². The van der Waals surface area contributed by atoms with Gasteiger partial charge in [0.05, 0.1) is 18.1 Å². The first-order valence-corrected chi connectivity index (χ1v) is 11.2. The van der Waals surface area contributed by atoms with Gasteiger partial charge in [0.15, 0.2) is 0 Å². The number of amides is 1. The van der Waals surface area contributed by atoms with Crippen molar-refractivity contribution in [3.05, 3.63) is 23.9 Å². The first-order valence-electron chi connectivity index (χ1n) is 11.2. The van der Waals surface area contributed by atoms with Gasteiger partial charge >= 0.3 is 6.09 Å². The van der Waals surface area contributed by atoms with Crippen molar-refractivity contribution in [2.24, 2.45) is 11.3 Å². The molecular weight excluding hydrogens is 394 g/mol. The van der Waals surface area contributed by atoms with Gasteiger partial charge in [-0.1, -0.05) is 33.6 Å². The highest BCUT2D eigenvalue weighted by atomic mass is 16.6. The zero-order chi connectivity index (χ0) is 22.6. The maximum atomic E-state index is 12.0. The number of aromatic nitrogens is 2. The Bertz CT molecular complexity index is 910. The molecule has 0 saturated heterocycles. The minimum Gasteiger partial charge on any atom is -0.497 e. The van der Waals surface area contributed by atoms with E-state index in [1.165, 1.54) is 0 Å². The smallest absolute Gasteiger partial charge is 0.407 e. The summed E-state index contributed by atoms with van der Waals surface area (Å²) < 4.78 is 10.7. The topological polar surface area (TPSA) is 93.6 Å². The SMILES string of the molecule is COc1ccc2nc(CCCCCC3C[C@H]3OC(=O)NC(C)C(C)(C)C)c(O)nc2c1. The largest absolute Gasteiger partial charge is 0.497 e. The number of aryl methyl sites for hydroxylation is 1. The highest BCUT2D eigenvalue weighted by Crippen LogP contribution is 2.38. The lowest BCUT2D eigenvalue weighted by Gasteiger charge is -2.27. The minimum absolute atomic E-state index is 0.00749. The summed E-state index contributed by atoms with van der Waals surface area (Å²) in [6, 6.07) is 5.53. The summed E-state index contributed by atoms with van der Waals surface area (Å²) in [5.41, 5.74) is 2.03. The monoisotopic (exact) mass is 429 g/mol. The van der Waals surface area contributed by atoms with Crippen LogP contribution in [0.2, 0.25) is 0 Å². The molecule has 1 aromatic carbocycles. The van der Waals surface area contributed by atoms with Crippen LogP contribution in [0.1, 0.15) is 65.5 Å². The van der Waals surface area contributed by atoms with Gasteiger partial charge in [-0.2, -0.15) is 0 Å². The highest BCUT2D eigenvalue weighted by molar-refractivity contribution is 5.76. The van der Waals surface area contributed by atoms with Crippen molar-refractivity contribution in [1.29, 1.82) is 0 Å². The Balaban J connectivity index is 1.35. The molecule has 7 heteroatoms. The molecule has 170 valence electrons. The normalized spacial score (nSPS) is 19.1. The Hall–Kier alpha value is -2.57. The molecule has 0 spiro atoms. The summed E-state index contributed by atoms with van der Waals surface area (Å²) in [6.07, 6.45) is 5.50. The predicted octanol–water partition coefficient (Wildman–Crippen LogP) is 5.00. The molecule has 7 nitrogen and oxygen atoms in total. The molecule has 1 aromatic heterocycles. The van der Waals surface area contributed by atoms with Gasteiger partial charge in [-0.15, -0.1) is 0 Å². The fraction of sp³-hybridized carbons (Fsp3) is 0.625. The van der Waals surface area contributed by atoms with Crippen LogP contribution in [-0.2, 0) is 11.2 Å². The molecule has 0 bridgehead atoms. The molecule has 3 rings (SSSR count). The lowest BCUT2D eigenvalue weighted by molar-refractivity contribution is 0.121. The first-order chi connectivity index (χ1) is 14.7. The van der Waals surface area contributed by atoms with Crippen LogP contribution in [0.15, 0.2) is 18.2 Å². The standard InChI is InChI=1S/C24H35N3O4/c1-15(24(2,3)4)25-23(29)31-21-13-16(21)9-7-6-8-10-19-22(28)27-20-14-17(30-5)11-12-18(20)26-19/h11-12,14-16,21H,6-10,13H2,1-5H3,(H,25,29)(H,27,28)/t15?,16?,21-/m1/s1. The van der Waals surface area contributed by atoms with Crippen molar-refractivity contribution in [3.63, 3.8) is 0 Å². The second-order valence-corrected chi connectivity index (χ2v) is 9.62. The van der Waals surface area contributed by atoms with Crippen molar-refractivity contribution < 1.29 is 19.4 Å². The lowest BCUT2D eigenvalue weighted by atomic mass is 9.88. The number of carbonyl (C=O) groups excluding carboxylic acids is 1. The van der Waals surface area contributed by atoms with Crippen LogP contribution in [0.3, 0.4) is 0 Å². The molecule has 0 radical (unpaired) electrons. The van der Waals surface area contributed by atoms with Gasteiger partial charge in [0.25, 0.3) is 0 Å². The van der Waals surface area contributed by atoms with Crippen LogP contribution in [0.4, 0.5) is 4.79 Å². The molecule has 2 aromatic rings. The second kappa shape index (κ2) is 9.71. The number of methoxy groups -OCH3 is 1. The van der Waals surface area contributed by atoms with Crippen LogP contribution >= 0.6 is 0 Å². The number of carbonyl (C=O) groups is 1. The number of nitrogens with one attached hydrogen (secondary N) is 1. The average molecular weight is 430 g/mol. The molecule has 31 heavy (non-hydrogen) atoms. The van der Waals surface area contributed by atoms with E-state index < -0.39 is 0 Å². The van der Waals surface area contributed by atoms with Gasteiger partial charge in [0, 0.05) is 12.1 Å². The predicted molar refractivity (Wildman–Crippen MR) is 120 cm³/mol. The van der Waals surface area contributed by atoms with Gasteiger partial charge in [-0.3, -0.25) is 0 Å². The number of fused-ring (bicyclic) bond motifs is 1. The van der Waals surface area contributed by atoms with Crippen LogP contribution in [-0.4, -0.2) is 40.4 Å². The molecule has 2 N–H and O–H groups in total. The summed E-state index contributed by atoms with van der Waals surface area (Å²) in [5, 5.41) is 13.1. The van der Waals surface area contributed by atoms with Crippen molar-refractivity contribution in [1.82, 2.24) is 15.3 Å². The fourth-order valence-electron chi connectivity index (χ4n) is 3.46. The molecule has 1 heterocycles. The van der Waals surface area contributed by atoms with E-state index in [-0.39, 0.29) is 29.5 Å². The molecule has 1 fully saturated rings. The first kappa shape index (κ1) is 23.1. The van der Waals surface area contributed by atoms with E-state index in [0.29, 0.717) is 29.3 Å². The van der Waals surface area contributed by atoms with Crippen molar-refractivity contribution in [2.75, 3.05) is 7.11 Å². The van der Waals surface area contributed by atoms with Gasteiger partial charge < -0.3 is 19.9 Å². The van der Waals surface area contributed by atoms with Gasteiger partial charge in [-0.05, 0) is 56.1 Å². The third kappa shape index (κ3) is 6.45. The zero-order valence-electron chi connectivity index (χ0n) is 19.3. The second-order valence-electron chi connectivity index (χ2n) is 9.62. The number of nitrogens with zero attached hydrogens (tertiary/aromatic N) is 2. The maximum absolute atomic E-state index is 12.0. The van der Waals surface area contributed by atoms with Crippen molar-refractivity contribution in [3.8, 4) is 11.6 Å². The van der Waals surface area contributed by atoms with Gasteiger partial charge in [-0.25, -0.2) is 14.8 Å². The third-order valence-electron chi connectivity index (χ3n) is 6.16. The summed E-state index contributed by atoms with van der Waals surface area (Å²) in [5.74, 6) is 1.16. The number of ether oxygens (including phenoxy) is 2. The quantitative estimate of drug-likeness (QED) is 0.545. The molecular formula is C24H35N3O4. The molecule has 2 unspecified atom stereocenters. The van der Waals surface area contributed by atoms with Crippen molar-refractivity contribution >= 4 is 17.1 Å². The molecule has 0 aliphatic heterocycles. The molecule has 1 aliphatic carbocycles. The van der Waals surface area contributed by atoms with Crippen LogP contribution in [0.5, 0.6) is 11.6 Å². The van der Waals surface area contributed by atoms with E-state index in [1.54, 1.807) is 13.2 Å². The van der Waals surface area contributed by atoms with E-state index in [1.807, 2.05) is 19.1 Å². The maximum Gasteiger partial charge on any atom is 0.407 e. The van der Waals surface area contributed by atoms with Crippen molar-refractivity contribution in [2.45, 2.75) is 78.4 Å². The van der Waals surface area contributed by atoms with Gasteiger partial charge in [0.2, 0.25) is 5.88 Å². The summed E-state index contributed by atoms with van der Waals surface area (Å²) in [7, 11) is 1.60. The molecule has 3 atom stereocenters. The zero-order valence-corrected chi connectivity index (χ0v) is 19.3. The number of benzene rings is 1. The Kier molecular flexibility index (Phi) is 7.23. The average Bonchev–Trinajstić information content (AvgIpc) is 3.44. The summed E-state index contributed by atoms with van der Waals surface area (Å²) in [4.78, 5) is 20.8. The van der Waals surface area contributed by atoms with E-state index >= 15 is 0 Å². The Morgan fingerprint density at radius 1 is 1.23 bits per heavy atom. The minimum atomic E-state index is -0.308. The van der Waals surface area contributed by atoms with Crippen LogP contribution in [0, 0.1) is 11.3 Å². The molecule has 1 amide bonds. The van der Waals surface area contributed by atoms with Crippen LogP contribution < -0.4 is 10.1 Å². The Labute approximate surface area is 184 Å². The van der Waals surface area contributed by atoms with E-state index in [4.69, 9.17) is 9.47 Å². The van der Waals surface area contributed by atoms with E-state index in [0.717, 1.165) is 37.6 Å². The number of alkyl carbamates (subject to hydrolysis) is 1. The number of hydrogen-bond acceptors (Lipinski definition) is 6. The molecule has 1 saturated carbocycles. The Morgan fingerprint density at radius 3 is 2.71 bits per heavy atom. The van der Waals surface area contributed by atoms with Gasteiger partial charge in [0.1, 0.15) is 17.5 Å². The number of hydrogen-bond donors (Lipinski definition) is 2. The number of rotatable bonds is 9. The number of aromatic hydroxyl groups is 1. The van der Waals surface area contributed by atoms with E-state index in [9.17, 15) is 9.90 Å². The fourth-order valence-corrected chi connectivity index (χ4v) is 3.46. The molecule has 1 aliphatic rings. The highest BCUT2D eigenvalue weighted by Gasteiger charge is 2.40. The number of unbranched alkanes of at least 4 members (excludes halogenated alkanes) is 2. The summed E-state index contributed by atoms with van der Waals surface area (Å²) in [6.45, 7) is 8.29. The summed E-state index contributed by atoms with van der Waals surface area (Å²) >= 11 is 0. The third-order valence-corrected chi connectivity index (χ3v) is 6.16. The van der Waals surface area contributed by atoms with E-state index in [2.05, 4.69) is 36.1 Å².